The molecule has 0 radical (unpaired) electrons. The number of amidine groups is 1. The molecule has 1 amide bonds. The van der Waals surface area contributed by atoms with Crippen molar-refractivity contribution < 1.29 is 19.1 Å². The van der Waals surface area contributed by atoms with Gasteiger partial charge in [0, 0.05) is 11.5 Å². The highest BCUT2D eigenvalue weighted by atomic mass is 79.9. The van der Waals surface area contributed by atoms with Crippen LogP contribution in [-0.4, -0.2) is 36.1 Å². The van der Waals surface area contributed by atoms with Crippen LogP contribution in [0.5, 0.6) is 5.75 Å². The van der Waals surface area contributed by atoms with E-state index in [0.29, 0.717) is 27.9 Å². The van der Waals surface area contributed by atoms with Gasteiger partial charge in [-0.1, -0.05) is 40.2 Å². The Morgan fingerprint density at radius 3 is 2.35 bits per heavy atom. The van der Waals surface area contributed by atoms with Crippen molar-refractivity contribution in [1.29, 1.82) is 0 Å². The number of esters is 1. The van der Waals surface area contributed by atoms with Crippen molar-refractivity contribution in [2.75, 3.05) is 14.2 Å². The first-order valence-electron chi connectivity index (χ1n) is 10.3. The van der Waals surface area contributed by atoms with Gasteiger partial charge in [0.1, 0.15) is 12.4 Å². The van der Waals surface area contributed by atoms with Crippen molar-refractivity contribution in [2.45, 2.75) is 6.61 Å². The third-order valence-electron chi connectivity index (χ3n) is 5.01. The Balaban J connectivity index is 1.42. The SMILES string of the molecule is COC(=O)c1ccc(N=C2SC(=Cc3ccc(OCc4ccc(Br)cc4)cc3)C(=O)N2C)cc1. The number of benzene rings is 3. The molecule has 0 spiro atoms. The third kappa shape index (κ3) is 5.76. The lowest BCUT2D eigenvalue weighted by molar-refractivity contribution is -0.121. The number of hydrogen-bond acceptors (Lipinski definition) is 6. The van der Waals surface area contributed by atoms with Gasteiger partial charge < -0.3 is 9.47 Å². The van der Waals surface area contributed by atoms with Crippen LogP contribution in [0.4, 0.5) is 5.69 Å². The van der Waals surface area contributed by atoms with Crippen molar-refractivity contribution in [3.8, 4) is 5.75 Å². The Morgan fingerprint density at radius 2 is 1.71 bits per heavy atom. The lowest BCUT2D eigenvalue weighted by Gasteiger charge is -2.07. The molecule has 0 N–H and O–H groups in total. The van der Waals surface area contributed by atoms with Crippen molar-refractivity contribution in [2.24, 2.45) is 4.99 Å². The minimum Gasteiger partial charge on any atom is -0.489 e. The van der Waals surface area contributed by atoms with E-state index in [2.05, 4.69) is 20.9 Å². The molecule has 1 aliphatic rings. The van der Waals surface area contributed by atoms with Crippen molar-refractivity contribution in [3.05, 3.63) is 98.9 Å². The minimum atomic E-state index is -0.406. The summed E-state index contributed by atoms with van der Waals surface area (Å²) < 4.78 is 11.6. The Bertz CT molecular complexity index is 1250. The molecular weight excluding hydrogens is 516 g/mol. The number of hydrogen-bond donors (Lipinski definition) is 0. The Labute approximate surface area is 210 Å². The van der Waals surface area contributed by atoms with Gasteiger partial charge in [-0.05, 0) is 77.5 Å². The monoisotopic (exact) mass is 536 g/mol. The number of aliphatic imine (C=N–C) groups is 1. The first kappa shape index (κ1) is 23.8. The van der Waals surface area contributed by atoms with Gasteiger partial charge in [0.15, 0.2) is 5.17 Å². The van der Waals surface area contributed by atoms with Crippen molar-refractivity contribution >= 4 is 56.5 Å². The van der Waals surface area contributed by atoms with Crippen LogP contribution in [0.3, 0.4) is 0 Å². The van der Waals surface area contributed by atoms with Gasteiger partial charge in [0.05, 0.1) is 23.3 Å². The normalized spacial score (nSPS) is 15.7. The van der Waals surface area contributed by atoms with E-state index in [-0.39, 0.29) is 5.91 Å². The fourth-order valence-electron chi connectivity index (χ4n) is 3.11. The highest BCUT2D eigenvalue weighted by molar-refractivity contribution is 9.10. The van der Waals surface area contributed by atoms with E-state index >= 15 is 0 Å². The van der Waals surface area contributed by atoms with Crippen LogP contribution >= 0.6 is 27.7 Å². The summed E-state index contributed by atoms with van der Waals surface area (Å²) in [7, 11) is 3.03. The average Bonchev–Trinajstić information content (AvgIpc) is 3.12. The third-order valence-corrected chi connectivity index (χ3v) is 6.60. The van der Waals surface area contributed by atoms with Gasteiger partial charge >= 0.3 is 5.97 Å². The topological polar surface area (TPSA) is 68.2 Å². The number of likely N-dealkylation sites (N-methyl/N-ethyl adjacent to an activating group) is 1. The molecule has 0 aromatic heterocycles. The predicted octanol–water partition coefficient (Wildman–Crippen LogP) is 6.05. The number of carbonyl (C=O) groups is 2. The van der Waals surface area contributed by atoms with Crippen molar-refractivity contribution in [1.82, 2.24) is 4.90 Å². The number of methoxy groups -OCH3 is 1. The summed E-state index contributed by atoms with van der Waals surface area (Å²) in [6.45, 7) is 0.479. The summed E-state index contributed by atoms with van der Waals surface area (Å²) in [6.07, 6.45) is 1.84. The highest BCUT2D eigenvalue weighted by Crippen LogP contribution is 2.33. The summed E-state index contributed by atoms with van der Waals surface area (Å²) in [5, 5.41) is 0.566. The molecule has 3 aromatic carbocycles. The molecular formula is C26H21BrN2O4S. The molecule has 3 aromatic rings. The zero-order valence-electron chi connectivity index (χ0n) is 18.5. The second kappa shape index (κ2) is 10.7. The number of amides is 1. The molecule has 34 heavy (non-hydrogen) atoms. The molecule has 4 rings (SSSR count). The van der Waals surface area contributed by atoms with E-state index in [1.165, 1.54) is 23.8 Å². The summed E-state index contributed by atoms with van der Waals surface area (Å²) >= 11 is 4.73. The fraction of sp³-hybridized carbons (Fsp3) is 0.115. The number of thioether (sulfide) groups is 1. The largest absolute Gasteiger partial charge is 0.489 e. The highest BCUT2D eigenvalue weighted by Gasteiger charge is 2.30. The summed E-state index contributed by atoms with van der Waals surface area (Å²) in [5.74, 6) is 0.229. The van der Waals surface area contributed by atoms with Crippen molar-refractivity contribution in [3.63, 3.8) is 0 Å². The van der Waals surface area contributed by atoms with Crippen LogP contribution in [0.25, 0.3) is 6.08 Å². The Hall–Kier alpha value is -3.36. The van der Waals surface area contributed by atoms with Crippen LogP contribution in [0.1, 0.15) is 21.5 Å². The van der Waals surface area contributed by atoms with E-state index in [1.807, 2.05) is 54.6 Å². The second-order valence-electron chi connectivity index (χ2n) is 7.39. The van der Waals surface area contributed by atoms with E-state index in [9.17, 15) is 9.59 Å². The maximum absolute atomic E-state index is 12.7. The first-order valence-corrected chi connectivity index (χ1v) is 12.0. The van der Waals surface area contributed by atoms with Gasteiger partial charge in [-0.3, -0.25) is 9.69 Å². The number of halogens is 1. The van der Waals surface area contributed by atoms with Crippen LogP contribution in [0, 0.1) is 0 Å². The Kier molecular flexibility index (Phi) is 7.49. The van der Waals surface area contributed by atoms with E-state index < -0.39 is 5.97 Å². The molecule has 8 heteroatoms. The summed E-state index contributed by atoms with van der Waals surface area (Å²) in [4.78, 5) is 30.9. The summed E-state index contributed by atoms with van der Waals surface area (Å²) in [5.41, 5.74) is 3.06. The van der Waals surface area contributed by atoms with Gasteiger partial charge in [0.2, 0.25) is 0 Å². The average molecular weight is 537 g/mol. The van der Waals surface area contributed by atoms with Gasteiger partial charge in [-0.15, -0.1) is 0 Å². The van der Waals surface area contributed by atoms with E-state index in [4.69, 9.17) is 9.47 Å². The number of ether oxygens (including phenoxy) is 2. The second-order valence-corrected chi connectivity index (χ2v) is 9.32. The molecule has 1 aliphatic heterocycles. The lowest BCUT2D eigenvalue weighted by Crippen LogP contribution is -2.23. The van der Waals surface area contributed by atoms with Gasteiger partial charge in [-0.25, -0.2) is 9.79 Å². The zero-order chi connectivity index (χ0) is 24.1. The van der Waals surface area contributed by atoms with E-state index in [0.717, 1.165) is 21.3 Å². The van der Waals surface area contributed by atoms with Crippen LogP contribution < -0.4 is 4.74 Å². The van der Waals surface area contributed by atoms with Crippen LogP contribution in [0.2, 0.25) is 0 Å². The maximum atomic E-state index is 12.7. The quantitative estimate of drug-likeness (QED) is 0.283. The smallest absolute Gasteiger partial charge is 0.337 e. The van der Waals surface area contributed by atoms with E-state index in [1.54, 1.807) is 31.3 Å². The first-order chi connectivity index (χ1) is 16.4. The van der Waals surface area contributed by atoms with Crippen LogP contribution in [-0.2, 0) is 16.1 Å². The molecule has 6 nitrogen and oxygen atoms in total. The summed E-state index contributed by atoms with van der Waals surface area (Å²) in [6, 6.07) is 22.3. The molecule has 1 fully saturated rings. The zero-order valence-corrected chi connectivity index (χ0v) is 20.9. The van der Waals surface area contributed by atoms with Gasteiger partial charge in [0.25, 0.3) is 5.91 Å². The lowest BCUT2D eigenvalue weighted by atomic mass is 10.2. The van der Waals surface area contributed by atoms with Gasteiger partial charge in [-0.2, -0.15) is 0 Å². The maximum Gasteiger partial charge on any atom is 0.337 e. The number of rotatable bonds is 6. The molecule has 0 aliphatic carbocycles. The van der Waals surface area contributed by atoms with Crippen LogP contribution in [0.15, 0.2) is 87.2 Å². The molecule has 0 atom stereocenters. The number of carbonyl (C=O) groups excluding carboxylic acids is 2. The molecule has 0 unspecified atom stereocenters. The molecule has 172 valence electrons. The minimum absolute atomic E-state index is 0.120. The molecule has 1 heterocycles. The molecule has 0 bridgehead atoms. The molecule has 1 saturated heterocycles. The standard InChI is InChI=1S/C26H21BrN2O4S/c1-29-24(30)23(34-26(29)28-21-11-7-19(8-12-21)25(31)32-2)15-17-5-13-22(14-6-17)33-16-18-3-9-20(27)10-4-18/h3-15H,16H2,1-2H3. The number of nitrogens with zero attached hydrogens (tertiary/aromatic N) is 2. The fourth-order valence-corrected chi connectivity index (χ4v) is 4.36. The Morgan fingerprint density at radius 1 is 1.03 bits per heavy atom. The molecule has 0 saturated carbocycles. The predicted molar refractivity (Wildman–Crippen MR) is 138 cm³/mol.